The van der Waals surface area contributed by atoms with Crippen LogP contribution in [0.5, 0.6) is 0 Å². The molecular formula is C24H23F4N5O. The molecule has 4 rings (SSSR count). The maximum absolute atomic E-state index is 14.5. The lowest BCUT2D eigenvalue weighted by Gasteiger charge is -2.44. The number of rotatable bonds is 3. The van der Waals surface area contributed by atoms with Crippen molar-refractivity contribution in [3.05, 3.63) is 69.4 Å². The van der Waals surface area contributed by atoms with E-state index >= 15 is 0 Å². The van der Waals surface area contributed by atoms with Gasteiger partial charge in [0.2, 0.25) is 0 Å². The number of benzene rings is 1. The van der Waals surface area contributed by atoms with Crippen molar-refractivity contribution < 1.29 is 17.6 Å². The van der Waals surface area contributed by atoms with Gasteiger partial charge in [-0.3, -0.25) is 9.69 Å². The minimum absolute atomic E-state index is 0.100. The van der Waals surface area contributed by atoms with E-state index in [1.165, 1.54) is 16.7 Å². The number of piperazine rings is 1. The maximum Gasteiger partial charge on any atom is 0.416 e. The Bertz CT molecular complexity index is 1340. The first-order chi connectivity index (χ1) is 16.0. The first kappa shape index (κ1) is 23.7. The highest BCUT2D eigenvalue weighted by Crippen LogP contribution is 2.34. The van der Waals surface area contributed by atoms with Crippen LogP contribution < -0.4 is 10.5 Å². The summed E-state index contributed by atoms with van der Waals surface area (Å²) in [7, 11) is 1.64. The van der Waals surface area contributed by atoms with Gasteiger partial charge in [0.05, 0.1) is 16.8 Å². The van der Waals surface area contributed by atoms with E-state index in [2.05, 4.69) is 4.98 Å². The Morgan fingerprint density at radius 3 is 2.53 bits per heavy atom. The van der Waals surface area contributed by atoms with Gasteiger partial charge in [0.15, 0.2) is 0 Å². The van der Waals surface area contributed by atoms with Crippen molar-refractivity contribution in [2.75, 3.05) is 24.5 Å². The van der Waals surface area contributed by atoms with Gasteiger partial charge in [-0.1, -0.05) is 6.07 Å². The minimum atomic E-state index is -4.60. The van der Waals surface area contributed by atoms with Gasteiger partial charge in [-0.05, 0) is 38.1 Å². The number of pyridine rings is 2. The number of halogens is 4. The van der Waals surface area contributed by atoms with Gasteiger partial charge in [-0.25, -0.2) is 9.37 Å². The topological polar surface area (TPSA) is 65.2 Å². The zero-order valence-electron chi connectivity index (χ0n) is 18.9. The van der Waals surface area contributed by atoms with Crippen LogP contribution in [0.1, 0.15) is 36.7 Å². The number of hydrogen-bond acceptors (Lipinski definition) is 5. The Balaban J connectivity index is 1.61. The largest absolute Gasteiger partial charge is 0.416 e. The number of aromatic nitrogens is 2. The number of aryl methyl sites for hydroxylation is 1. The first-order valence-electron chi connectivity index (χ1n) is 10.8. The highest BCUT2D eigenvalue weighted by molar-refractivity contribution is 5.88. The van der Waals surface area contributed by atoms with Crippen molar-refractivity contribution in [3.63, 3.8) is 0 Å². The van der Waals surface area contributed by atoms with Gasteiger partial charge in [-0.2, -0.15) is 18.4 Å². The molecule has 1 aliphatic rings. The van der Waals surface area contributed by atoms with Crippen LogP contribution in [-0.4, -0.2) is 40.1 Å². The van der Waals surface area contributed by atoms with E-state index in [4.69, 9.17) is 0 Å². The number of anilines is 1. The van der Waals surface area contributed by atoms with E-state index < -0.39 is 23.6 Å². The summed E-state index contributed by atoms with van der Waals surface area (Å²) >= 11 is 0. The normalized spacial score (nSPS) is 18.2. The molecule has 0 aliphatic carbocycles. The predicted molar refractivity (Wildman–Crippen MR) is 120 cm³/mol. The van der Waals surface area contributed by atoms with Crippen molar-refractivity contribution in [1.82, 2.24) is 14.5 Å². The molecule has 0 radical (unpaired) electrons. The van der Waals surface area contributed by atoms with Crippen LogP contribution in [0.3, 0.4) is 0 Å². The molecule has 34 heavy (non-hydrogen) atoms. The van der Waals surface area contributed by atoms with Gasteiger partial charge in [0, 0.05) is 50.4 Å². The van der Waals surface area contributed by atoms with Gasteiger partial charge in [-0.15, -0.1) is 0 Å². The molecule has 178 valence electrons. The Kier molecular flexibility index (Phi) is 6.08. The smallest absolute Gasteiger partial charge is 0.364 e. The molecule has 1 fully saturated rings. The van der Waals surface area contributed by atoms with E-state index in [9.17, 15) is 27.6 Å². The van der Waals surface area contributed by atoms with Crippen LogP contribution in [-0.2, 0) is 13.2 Å². The second-order valence-corrected chi connectivity index (χ2v) is 8.55. The molecule has 0 bridgehead atoms. The van der Waals surface area contributed by atoms with Crippen LogP contribution in [0.4, 0.5) is 23.2 Å². The van der Waals surface area contributed by atoms with Gasteiger partial charge in [0.25, 0.3) is 5.56 Å². The first-order valence-corrected chi connectivity index (χ1v) is 10.8. The van der Waals surface area contributed by atoms with Crippen LogP contribution in [0.25, 0.3) is 11.0 Å². The molecule has 0 N–H and O–H groups in total. The lowest BCUT2D eigenvalue weighted by molar-refractivity contribution is -0.137. The molecule has 3 heterocycles. The van der Waals surface area contributed by atoms with Crippen LogP contribution in [0, 0.1) is 17.1 Å². The average Bonchev–Trinajstić information content (AvgIpc) is 2.80. The fourth-order valence-electron chi connectivity index (χ4n) is 4.53. The third-order valence-corrected chi connectivity index (χ3v) is 6.48. The van der Waals surface area contributed by atoms with E-state index in [1.54, 1.807) is 26.1 Å². The fourth-order valence-corrected chi connectivity index (χ4v) is 4.53. The monoisotopic (exact) mass is 473 g/mol. The molecule has 0 saturated carbocycles. The Labute approximate surface area is 193 Å². The zero-order chi connectivity index (χ0) is 24.8. The molecular weight excluding hydrogens is 450 g/mol. The molecule has 6 nitrogen and oxygen atoms in total. The number of nitrogens with zero attached hydrogens (tertiary/aromatic N) is 5. The predicted octanol–water partition coefficient (Wildman–Crippen LogP) is 4.23. The Morgan fingerprint density at radius 1 is 1.18 bits per heavy atom. The van der Waals surface area contributed by atoms with Crippen molar-refractivity contribution in [2.45, 2.75) is 32.1 Å². The highest BCUT2D eigenvalue weighted by Gasteiger charge is 2.33. The maximum atomic E-state index is 14.5. The molecule has 1 saturated heterocycles. The van der Waals surface area contributed by atoms with Crippen LogP contribution in [0.15, 0.2) is 41.2 Å². The molecule has 2 aromatic heterocycles. The molecule has 1 aliphatic heterocycles. The second kappa shape index (κ2) is 8.72. The molecule has 2 atom stereocenters. The summed E-state index contributed by atoms with van der Waals surface area (Å²) in [4.78, 5) is 21.0. The van der Waals surface area contributed by atoms with E-state index in [0.29, 0.717) is 42.4 Å². The summed E-state index contributed by atoms with van der Waals surface area (Å²) in [6.45, 7) is 5.22. The van der Waals surface area contributed by atoms with Crippen LogP contribution >= 0.6 is 0 Å². The Hall–Kier alpha value is -3.45. The third kappa shape index (κ3) is 4.23. The lowest BCUT2D eigenvalue weighted by atomic mass is 10.0. The summed E-state index contributed by atoms with van der Waals surface area (Å²) in [6, 6.07) is 8.88. The minimum Gasteiger partial charge on any atom is -0.364 e. The SMILES string of the molecule is CC(c1ccc(C(F)(F)F)cc1F)N1CCN(c2cc(=O)n(C)c3ccc(C#N)nc23)[C@@H](C)C1. The summed E-state index contributed by atoms with van der Waals surface area (Å²) in [6.07, 6.45) is -4.60. The number of fused-ring (bicyclic) bond motifs is 1. The van der Waals surface area contributed by atoms with Gasteiger partial charge in [0.1, 0.15) is 23.1 Å². The fraction of sp³-hybridized carbons (Fsp3) is 0.375. The second-order valence-electron chi connectivity index (χ2n) is 8.55. The Morgan fingerprint density at radius 2 is 1.91 bits per heavy atom. The van der Waals surface area contributed by atoms with Gasteiger partial charge >= 0.3 is 6.18 Å². The van der Waals surface area contributed by atoms with Crippen LogP contribution in [0.2, 0.25) is 0 Å². The molecule has 1 unspecified atom stereocenters. The molecule has 0 spiro atoms. The quantitative estimate of drug-likeness (QED) is 0.533. The summed E-state index contributed by atoms with van der Waals surface area (Å²) in [5, 5.41) is 9.27. The van der Waals surface area contributed by atoms with Crippen molar-refractivity contribution in [2.24, 2.45) is 7.05 Å². The molecule has 0 amide bonds. The number of alkyl halides is 3. The van der Waals surface area contributed by atoms with E-state index in [1.807, 2.05) is 22.8 Å². The third-order valence-electron chi connectivity index (χ3n) is 6.48. The van der Waals surface area contributed by atoms with Crippen molar-refractivity contribution in [3.8, 4) is 6.07 Å². The number of hydrogen-bond donors (Lipinski definition) is 0. The van der Waals surface area contributed by atoms with E-state index in [-0.39, 0.29) is 22.9 Å². The van der Waals surface area contributed by atoms with E-state index in [0.717, 1.165) is 6.07 Å². The summed E-state index contributed by atoms with van der Waals surface area (Å²) < 4.78 is 54.7. The standard InChI is InChI=1S/C24H23F4N5O/c1-14-13-32(15(2)18-6-4-16(10-19(18)25)24(26,27)28)8-9-33(14)21-11-22(34)31(3)20-7-5-17(12-29)30-23(20)21/h4-7,10-11,14-15H,8-9,13H2,1-3H3/t14-,15?/m0/s1. The molecule has 3 aromatic rings. The highest BCUT2D eigenvalue weighted by atomic mass is 19.4. The summed E-state index contributed by atoms with van der Waals surface area (Å²) in [5.41, 5.74) is 0.998. The van der Waals surface area contributed by atoms with Crippen molar-refractivity contribution in [1.29, 1.82) is 5.26 Å². The zero-order valence-corrected chi connectivity index (χ0v) is 18.9. The van der Waals surface area contributed by atoms with Gasteiger partial charge < -0.3 is 9.47 Å². The number of nitriles is 1. The summed E-state index contributed by atoms with van der Waals surface area (Å²) in [5.74, 6) is -0.886. The molecule has 10 heteroatoms. The van der Waals surface area contributed by atoms with Crippen molar-refractivity contribution >= 4 is 16.7 Å². The lowest BCUT2D eigenvalue weighted by Crippen LogP contribution is -2.53. The molecule has 1 aromatic carbocycles. The average molecular weight is 473 g/mol.